The molecule has 3 rings (SSSR count). The maximum atomic E-state index is 13.0. The first-order valence-electron chi connectivity index (χ1n) is 11.3. The van der Waals surface area contributed by atoms with E-state index in [1.54, 1.807) is 15.7 Å². The standard InChI is InChI=1S/C21H33N5O6S/c1-23(17-6-4-3-5-7-17)33(30,31)25-14-12-24(13-15-25)11-10-21(27)22-19-9-8-18(26(28)29)16-20(19)32-2/h8-9,16-17H,3-7,10-15H2,1-2H3,(H,22,27). The lowest BCUT2D eigenvalue weighted by Crippen LogP contribution is -2.54. The Morgan fingerprint density at radius 2 is 1.88 bits per heavy atom. The second-order valence-corrected chi connectivity index (χ2v) is 10.5. The molecule has 1 saturated heterocycles. The van der Waals surface area contributed by atoms with Crippen molar-refractivity contribution in [1.29, 1.82) is 0 Å². The summed E-state index contributed by atoms with van der Waals surface area (Å²) in [4.78, 5) is 24.8. The van der Waals surface area contributed by atoms with E-state index in [0.29, 0.717) is 38.4 Å². The fourth-order valence-electron chi connectivity index (χ4n) is 4.37. The molecule has 2 aliphatic rings. The first-order valence-corrected chi connectivity index (χ1v) is 12.7. The van der Waals surface area contributed by atoms with E-state index in [9.17, 15) is 23.3 Å². The zero-order chi connectivity index (χ0) is 24.0. The van der Waals surface area contributed by atoms with Crippen molar-refractivity contribution >= 4 is 27.5 Å². The first kappa shape index (κ1) is 25.3. The number of amides is 1. The van der Waals surface area contributed by atoms with Gasteiger partial charge in [-0.05, 0) is 18.9 Å². The Kier molecular flexibility index (Phi) is 8.63. The van der Waals surface area contributed by atoms with Gasteiger partial charge in [0.05, 0.1) is 23.8 Å². The van der Waals surface area contributed by atoms with Gasteiger partial charge in [-0.25, -0.2) is 0 Å². The lowest BCUT2D eigenvalue weighted by molar-refractivity contribution is -0.384. The van der Waals surface area contributed by atoms with E-state index < -0.39 is 15.1 Å². The molecule has 11 nitrogen and oxygen atoms in total. The van der Waals surface area contributed by atoms with Crippen LogP contribution in [0.1, 0.15) is 38.5 Å². The van der Waals surface area contributed by atoms with Gasteiger partial charge in [0.1, 0.15) is 5.75 Å². The van der Waals surface area contributed by atoms with Gasteiger partial charge in [0.2, 0.25) is 5.91 Å². The highest BCUT2D eigenvalue weighted by Crippen LogP contribution is 2.29. The minimum atomic E-state index is -3.48. The molecule has 1 aromatic rings. The molecule has 1 amide bonds. The molecule has 0 aromatic heterocycles. The number of rotatable bonds is 9. The van der Waals surface area contributed by atoms with Crippen LogP contribution >= 0.6 is 0 Å². The Morgan fingerprint density at radius 1 is 1.21 bits per heavy atom. The van der Waals surface area contributed by atoms with Crippen molar-refractivity contribution in [2.45, 2.75) is 44.6 Å². The van der Waals surface area contributed by atoms with Crippen molar-refractivity contribution in [3.05, 3.63) is 28.3 Å². The fourth-order valence-corrected chi connectivity index (χ4v) is 5.94. The van der Waals surface area contributed by atoms with Crippen LogP contribution in [0.4, 0.5) is 11.4 Å². The number of benzene rings is 1. The summed E-state index contributed by atoms with van der Waals surface area (Å²) in [7, 11) is -0.404. The molecule has 33 heavy (non-hydrogen) atoms. The Morgan fingerprint density at radius 3 is 2.48 bits per heavy atom. The lowest BCUT2D eigenvalue weighted by atomic mass is 9.96. The average Bonchev–Trinajstić information content (AvgIpc) is 2.83. The second-order valence-electron chi connectivity index (χ2n) is 8.50. The molecule has 0 atom stereocenters. The number of hydrogen-bond donors (Lipinski definition) is 1. The quantitative estimate of drug-likeness (QED) is 0.421. The normalized spacial score (nSPS) is 18.9. The number of nitro benzene ring substituents is 1. The third-order valence-electron chi connectivity index (χ3n) is 6.44. The lowest BCUT2D eigenvalue weighted by Gasteiger charge is -2.38. The number of nitrogens with one attached hydrogen (secondary N) is 1. The molecular formula is C21H33N5O6S. The number of non-ortho nitro benzene ring substituents is 1. The summed E-state index contributed by atoms with van der Waals surface area (Å²) in [6.07, 6.45) is 5.38. The molecule has 1 N–H and O–H groups in total. The maximum absolute atomic E-state index is 13.0. The molecule has 1 aromatic carbocycles. The highest BCUT2D eigenvalue weighted by molar-refractivity contribution is 7.86. The Balaban J connectivity index is 1.46. The number of carbonyl (C=O) groups excluding carboxylic acids is 1. The molecule has 1 aliphatic heterocycles. The zero-order valence-electron chi connectivity index (χ0n) is 19.2. The Hall–Kier alpha value is -2.28. The van der Waals surface area contributed by atoms with Crippen LogP contribution in [0.3, 0.4) is 0 Å². The third-order valence-corrected chi connectivity index (χ3v) is 8.48. The molecule has 1 saturated carbocycles. The van der Waals surface area contributed by atoms with Crippen LogP contribution in [0.2, 0.25) is 0 Å². The van der Waals surface area contributed by atoms with Crippen LogP contribution in [0.5, 0.6) is 5.75 Å². The topological polar surface area (TPSA) is 125 Å². The minimum absolute atomic E-state index is 0.0851. The number of ether oxygens (including phenoxy) is 1. The van der Waals surface area contributed by atoms with Crippen LogP contribution in [0.25, 0.3) is 0 Å². The van der Waals surface area contributed by atoms with Crippen molar-refractivity contribution in [2.75, 3.05) is 52.2 Å². The number of nitro groups is 1. The van der Waals surface area contributed by atoms with Gasteiger partial charge in [0, 0.05) is 58.3 Å². The fraction of sp³-hybridized carbons (Fsp3) is 0.667. The van der Waals surface area contributed by atoms with E-state index in [1.807, 2.05) is 0 Å². The summed E-state index contributed by atoms with van der Waals surface area (Å²) < 4.78 is 34.2. The van der Waals surface area contributed by atoms with Gasteiger partial charge in [-0.1, -0.05) is 19.3 Å². The molecule has 0 bridgehead atoms. The number of methoxy groups -OCH3 is 1. The minimum Gasteiger partial charge on any atom is -0.494 e. The van der Waals surface area contributed by atoms with Crippen LogP contribution in [-0.4, -0.2) is 85.7 Å². The molecular weight excluding hydrogens is 450 g/mol. The van der Waals surface area contributed by atoms with Gasteiger partial charge in [-0.2, -0.15) is 17.0 Å². The summed E-state index contributed by atoms with van der Waals surface area (Å²) in [5.74, 6) is -0.0207. The van der Waals surface area contributed by atoms with Crippen LogP contribution < -0.4 is 10.1 Å². The molecule has 2 fully saturated rings. The van der Waals surface area contributed by atoms with Crippen molar-refractivity contribution in [1.82, 2.24) is 13.5 Å². The predicted octanol–water partition coefficient (Wildman–Crippen LogP) is 2.06. The summed E-state index contributed by atoms with van der Waals surface area (Å²) in [5.41, 5.74) is 0.251. The Bertz CT molecular complexity index is 942. The molecule has 184 valence electrons. The molecule has 0 unspecified atom stereocenters. The van der Waals surface area contributed by atoms with E-state index in [4.69, 9.17) is 4.74 Å². The number of nitrogens with zero attached hydrogens (tertiary/aromatic N) is 4. The maximum Gasteiger partial charge on any atom is 0.282 e. The SMILES string of the molecule is COc1cc([N+](=O)[O-])ccc1NC(=O)CCN1CCN(S(=O)(=O)N(C)C2CCCCC2)CC1. The summed E-state index contributed by atoms with van der Waals surface area (Å²) in [6, 6.07) is 4.10. The van der Waals surface area contributed by atoms with E-state index >= 15 is 0 Å². The smallest absolute Gasteiger partial charge is 0.282 e. The van der Waals surface area contributed by atoms with E-state index in [-0.39, 0.29) is 29.8 Å². The molecule has 12 heteroatoms. The van der Waals surface area contributed by atoms with Gasteiger partial charge >= 0.3 is 0 Å². The number of piperazine rings is 1. The first-order chi connectivity index (χ1) is 15.7. The third kappa shape index (κ3) is 6.40. The molecule has 0 radical (unpaired) electrons. The van der Waals surface area contributed by atoms with E-state index in [1.165, 1.54) is 31.7 Å². The average molecular weight is 484 g/mol. The highest BCUT2D eigenvalue weighted by atomic mass is 32.2. The van der Waals surface area contributed by atoms with Crippen molar-refractivity contribution in [3.8, 4) is 5.75 Å². The summed E-state index contributed by atoms with van der Waals surface area (Å²) in [5, 5.41) is 13.6. The van der Waals surface area contributed by atoms with E-state index in [0.717, 1.165) is 25.7 Å². The predicted molar refractivity (Wildman–Crippen MR) is 124 cm³/mol. The van der Waals surface area contributed by atoms with Crippen LogP contribution in [-0.2, 0) is 15.0 Å². The van der Waals surface area contributed by atoms with Gasteiger partial charge in [0.15, 0.2) is 0 Å². The van der Waals surface area contributed by atoms with E-state index in [2.05, 4.69) is 10.2 Å². The highest BCUT2D eigenvalue weighted by Gasteiger charge is 2.34. The van der Waals surface area contributed by atoms with Crippen LogP contribution in [0.15, 0.2) is 18.2 Å². The van der Waals surface area contributed by atoms with Crippen LogP contribution in [0, 0.1) is 10.1 Å². The zero-order valence-corrected chi connectivity index (χ0v) is 20.1. The van der Waals surface area contributed by atoms with Crippen molar-refractivity contribution in [2.24, 2.45) is 0 Å². The Labute approximate surface area is 195 Å². The van der Waals surface area contributed by atoms with Gasteiger partial charge < -0.3 is 15.0 Å². The molecule has 0 spiro atoms. The largest absolute Gasteiger partial charge is 0.494 e. The van der Waals surface area contributed by atoms with Crippen molar-refractivity contribution < 1.29 is 22.9 Å². The summed E-state index contributed by atoms with van der Waals surface area (Å²) in [6.45, 7) is 2.42. The number of anilines is 1. The van der Waals surface area contributed by atoms with Gasteiger partial charge in [0.25, 0.3) is 15.9 Å². The monoisotopic (exact) mass is 483 g/mol. The van der Waals surface area contributed by atoms with Gasteiger partial charge in [-0.15, -0.1) is 0 Å². The van der Waals surface area contributed by atoms with Crippen molar-refractivity contribution in [3.63, 3.8) is 0 Å². The number of carbonyl (C=O) groups is 1. The van der Waals surface area contributed by atoms with Gasteiger partial charge in [-0.3, -0.25) is 14.9 Å². The molecule has 1 heterocycles. The second kappa shape index (κ2) is 11.2. The summed E-state index contributed by atoms with van der Waals surface area (Å²) >= 11 is 0. The molecule has 1 aliphatic carbocycles. The number of hydrogen-bond acceptors (Lipinski definition) is 7.